The summed E-state index contributed by atoms with van der Waals surface area (Å²) in [7, 11) is 0. The quantitative estimate of drug-likeness (QED) is 0.719. The minimum absolute atomic E-state index is 0.0548. The second-order valence-corrected chi connectivity index (χ2v) is 5.71. The summed E-state index contributed by atoms with van der Waals surface area (Å²) in [6.07, 6.45) is 4.81. The Bertz CT molecular complexity index is 685. The van der Waals surface area contributed by atoms with Crippen LogP contribution >= 0.6 is 0 Å². The molecule has 2 rings (SSSR count). The van der Waals surface area contributed by atoms with Gasteiger partial charge in [-0.1, -0.05) is 42.5 Å². The first kappa shape index (κ1) is 18.6. The summed E-state index contributed by atoms with van der Waals surface area (Å²) < 4.78 is 28.4. The normalized spacial score (nSPS) is 12.3. The number of carbonyl (C=O) groups excluding carboxylic acids is 1. The maximum absolute atomic E-state index is 12.1. The van der Waals surface area contributed by atoms with Crippen molar-refractivity contribution in [3.05, 3.63) is 71.8 Å². The van der Waals surface area contributed by atoms with Gasteiger partial charge in [-0.2, -0.15) is 8.78 Å². The van der Waals surface area contributed by atoms with Gasteiger partial charge in [-0.25, -0.2) is 0 Å². The first-order valence-corrected chi connectivity index (χ1v) is 8.10. The smallest absolute Gasteiger partial charge is 0.387 e. The van der Waals surface area contributed by atoms with Gasteiger partial charge in [-0.3, -0.25) is 4.79 Å². The maximum atomic E-state index is 12.1. The van der Waals surface area contributed by atoms with E-state index in [0.717, 1.165) is 18.4 Å². The van der Waals surface area contributed by atoms with Gasteiger partial charge in [0, 0.05) is 12.1 Å². The van der Waals surface area contributed by atoms with Crippen LogP contribution in [0.3, 0.4) is 0 Å². The molecule has 0 aliphatic rings. The second kappa shape index (κ2) is 9.57. The van der Waals surface area contributed by atoms with Crippen molar-refractivity contribution < 1.29 is 18.3 Å². The van der Waals surface area contributed by atoms with Crippen LogP contribution in [0.5, 0.6) is 5.75 Å². The van der Waals surface area contributed by atoms with Gasteiger partial charge in [0.15, 0.2) is 0 Å². The fourth-order valence-corrected chi connectivity index (χ4v) is 2.32. The van der Waals surface area contributed by atoms with Gasteiger partial charge in [0.2, 0.25) is 5.91 Å². The van der Waals surface area contributed by atoms with Crippen LogP contribution in [0.1, 0.15) is 24.5 Å². The number of ether oxygens (including phenoxy) is 1. The third kappa shape index (κ3) is 7.16. The third-order valence-corrected chi connectivity index (χ3v) is 3.63. The van der Waals surface area contributed by atoms with Gasteiger partial charge >= 0.3 is 6.61 Å². The topological polar surface area (TPSA) is 38.3 Å². The Morgan fingerprint density at radius 3 is 2.44 bits per heavy atom. The Kier molecular flexibility index (Phi) is 7.14. The summed E-state index contributed by atoms with van der Waals surface area (Å²) in [5.41, 5.74) is 1.97. The molecule has 0 spiro atoms. The van der Waals surface area contributed by atoms with Crippen molar-refractivity contribution in [1.29, 1.82) is 0 Å². The van der Waals surface area contributed by atoms with Gasteiger partial charge in [0.25, 0.3) is 0 Å². The van der Waals surface area contributed by atoms with E-state index in [4.69, 9.17) is 0 Å². The van der Waals surface area contributed by atoms with Crippen LogP contribution in [-0.4, -0.2) is 18.6 Å². The number of nitrogens with one attached hydrogen (secondary N) is 1. The minimum Gasteiger partial charge on any atom is -0.435 e. The largest absolute Gasteiger partial charge is 0.435 e. The van der Waals surface area contributed by atoms with Crippen LogP contribution in [-0.2, 0) is 11.2 Å². The minimum atomic E-state index is -2.84. The molecule has 0 unspecified atom stereocenters. The van der Waals surface area contributed by atoms with E-state index in [1.807, 2.05) is 25.1 Å². The molecule has 0 aliphatic carbocycles. The zero-order valence-corrected chi connectivity index (χ0v) is 14.0. The van der Waals surface area contributed by atoms with E-state index < -0.39 is 6.61 Å². The van der Waals surface area contributed by atoms with Crippen LogP contribution in [0.4, 0.5) is 8.78 Å². The lowest BCUT2D eigenvalue weighted by Crippen LogP contribution is -2.31. The van der Waals surface area contributed by atoms with Crippen LogP contribution in [0.25, 0.3) is 6.08 Å². The summed E-state index contributed by atoms with van der Waals surface area (Å²) in [4.78, 5) is 11.9. The first-order valence-electron chi connectivity index (χ1n) is 8.10. The van der Waals surface area contributed by atoms with Crippen LogP contribution in [0.2, 0.25) is 0 Å². The molecular formula is C20H21F2NO2. The Hall–Kier alpha value is -2.69. The number of aryl methyl sites for hydroxylation is 1. The second-order valence-electron chi connectivity index (χ2n) is 5.71. The van der Waals surface area contributed by atoms with Crippen LogP contribution in [0, 0.1) is 0 Å². The highest BCUT2D eigenvalue weighted by molar-refractivity contribution is 5.91. The molecule has 25 heavy (non-hydrogen) atoms. The van der Waals surface area contributed by atoms with Crippen molar-refractivity contribution in [2.24, 2.45) is 0 Å². The Morgan fingerprint density at radius 2 is 1.80 bits per heavy atom. The lowest BCUT2D eigenvalue weighted by atomic mass is 10.1. The van der Waals surface area contributed by atoms with E-state index in [0.29, 0.717) is 0 Å². The highest BCUT2D eigenvalue weighted by Gasteiger charge is 2.06. The van der Waals surface area contributed by atoms with Crippen molar-refractivity contribution in [2.45, 2.75) is 32.4 Å². The lowest BCUT2D eigenvalue weighted by Gasteiger charge is -2.12. The number of amides is 1. The monoisotopic (exact) mass is 345 g/mol. The van der Waals surface area contributed by atoms with E-state index in [2.05, 4.69) is 22.2 Å². The predicted molar refractivity (Wildman–Crippen MR) is 94.5 cm³/mol. The summed E-state index contributed by atoms with van der Waals surface area (Å²) in [6, 6.07) is 16.3. The molecule has 1 amide bonds. The summed E-state index contributed by atoms with van der Waals surface area (Å²) in [5, 5.41) is 2.91. The zero-order valence-electron chi connectivity index (χ0n) is 14.0. The molecule has 2 aromatic carbocycles. The van der Waals surface area contributed by atoms with Gasteiger partial charge in [-0.15, -0.1) is 0 Å². The number of carbonyl (C=O) groups is 1. The SMILES string of the molecule is C[C@@H](CCc1ccccc1)NC(=O)/C=C/c1ccc(OC(F)F)cc1. The van der Waals surface area contributed by atoms with E-state index >= 15 is 0 Å². The molecule has 0 saturated heterocycles. The highest BCUT2D eigenvalue weighted by Crippen LogP contribution is 2.15. The van der Waals surface area contributed by atoms with Gasteiger partial charge in [0.1, 0.15) is 5.75 Å². The molecule has 132 valence electrons. The average molecular weight is 345 g/mol. The molecule has 3 nitrogen and oxygen atoms in total. The molecular weight excluding hydrogens is 324 g/mol. The van der Waals surface area contributed by atoms with Crippen molar-refractivity contribution in [1.82, 2.24) is 5.32 Å². The van der Waals surface area contributed by atoms with Crippen molar-refractivity contribution in [3.63, 3.8) is 0 Å². The van der Waals surface area contributed by atoms with Gasteiger partial charge in [-0.05, 0) is 49.1 Å². The van der Waals surface area contributed by atoms with Crippen molar-refractivity contribution in [2.75, 3.05) is 0 Å². The van der Waals surface area contributed by atoms with Gasteiger partial charge in [0.05, 0.1) is 0 Å². The zero-order chi connectivity index (χ0) is 18.1. The molecule has 5 heteroatoms. The molecule has 0 aliphatic heterocycles. The number of halogens is 2. The molecule has 1 N–H and O–H groups in total. The maximum Gasteiger partial charge on any atom is 0.387 e. The Morgan fingerprint density at radius 1 is 1.12 bits per heavy atom. The van der Waals surface area contributed by atoms with Gasteiger partial charge < -0.3 is 10.1 Å². The molecule has 0 fully saturated rings. The van der Waals surface area contributed by atoms with E-state index in [1.165, 1.54) is 23.8 Å². The summed E-state index contributed by atoms with van der Waals surface area (Å²) >= 11 is 0. The van der Waals surface area contributed by atoms with E-state index in [9.17, 15) is 13.6 Å². The lowest BCUT2D eigenvalue weighted by molar-refractivity contribution is -0.117. The standard InChI is InChI=1S/C20H21F2NO2/c1-15(7-8-16-5-3-2-4-6-16)23-19(24)14-11-17-9-12-18(13-10-17)25-20(21)22/h2-6,9-15,20H,7-8H2,1H3,(H,23,24)/b14-11+/t15-/m0/s1. The van der Waals surface area contributed by atoms with E-state index in [-0.39, 0.29) is 17.7 Å². The van der Waals surface area contributed by atoms with E-state index in [1.54, 1.807) is 18.2 Å². The van der Waals surface area contributed by atoms with Crippen LogP contribution in [0.15, 0.2) is 60.7 Å². The molecule has 0 radical (unpaired) electrons. The fourth-order valence-electron chi connectivity index (χ4n) is 2.32. The third-order valence-electron chi connectivity index (χ3n) is 3.63. The fraction of sp³-hybridized carbons (Fsp3) is 0.250. The Labute approximate surface area is 146 Å². The first-order chi connectivity index (χ1) is 12.0. The number of alkyl halides is 2. The molecule has 0 bridgehead atoms. The van der Waals surface area contributed by atoms with Crippen molar-refractivity contribution in [3.8, 4) is 5.75 Å². The highest BCUT2D eigenvalue weighted by atomic mass is 19.3. The number of hydrogen-bond donors (Lipinski definition) is 1. The summed E-state index contributed by atoms with van der Waals surface area (Å²) in [6.45, 7) is -0.880. The molecule has 2 aromatic rings. The molecule has 0 aromatic heterocycles. The molecule has 0 heterocycles. The van der Waals surface area contributed by atoms with Crippen LogP contribution < -0.4 is 10.1 Å². The van der Waals surface area contributed by atoms with Crippen molar-refractivity contribution >= 4 is 12.0 Å². The Balaban J connectivity index is 1.77. The number of benzene rings is 2. The predicted octanol–water partition coefficient (Wildman–Crippen LogP) is 4.44. The number of hydrogen-bond acceptors (Lipinski definition) is 2. The molecule has 0 saturated carbocycles. The summed E-state index contributed by atoms with van der Waals surface area (Å²) in [5.74, 6) is -0.0976. The molecule has 1 atom stereocenters. The average Bonchev–Trinajstić information content (AvgIpc) is 2.60. The number of rotatable bonds is 8.